The third-order valence-corrected chi connectivity index (χ3v) is 5.30. The van der Waals surface area contributed by atoms with Gasteiger partial charge in [0.1, 0.15) is 11.4 Å². The highest BCUT2D eigenvalue weighted by Crippen LogP contribution is 2.25. The lowest BCUT2D eigenvalue weighted by Crippen LogP contribution is -2.50. The first kappa shape index (κ1) is 20.8. The highest BCUT2D eigenvalue weighted by Gasteiger charge is 2.23. The number of amides is 2. The van der Waals surface area contributed by atoms with Crippen molar-refractivity contribution in [1.29, 1.82) is 0 Å². The van der Waals surface area contributed by atoms with Crippen LogP contribution in [-0.4, -0.2) is 66.1 Å². The molecule has 2 amide bonds. The molecule has 3 heterocycles. The van der Waals surface area contributed by atoms with Gasteiger partial charge in [-0.05, 0) is 37.6 Å². The lowest BCUT2D eigenvalue weighted by Gasteiger charge is -2.33. The number of ether oxygens (including phenoxy) is 1. The minimum Gasteiger partial charge on any atom is -0.450 e. The lowest BCUT2D eigenvalue weighted by atomic mass is 10.1. The maximum atomic E-state index is 12.6. The van der Waals surface area contributed by atoms with Gasteiger partial charge in [-0.25, -0.2) is 14.6 Å². The number of para-hydroxylation sites is 1. The summed E-state index contributed by atoms with van der Waals surface area (Å²) >= 11 is 0. The number of piperazine rings is 1. The van der Waals surface area contributed by atoms with E-state index in [1.807, 2.05) is 17.0 Å². The van der Waals surface area contributed by atoms with Crippen LogP contribution in [0.15, 0.2) is 39.5 Å². The number of pyridine rings is 1. The van der Waals surface area contributed by atoms with E-state index in [1.54, 1.807) is 36.9 Å². The summed E-state index contributed by atoms with van der Waals surface area (Å²) in [4.78, 5) is 44.9. The van der Waals surface area contributed by atoms with Crippen LogP contribution in [0, 0.1) is 6.92 Å². The highest BCUT2D eigenvalue weighted by atomic mass is 16.6. The van der Waals surface area contributed by atoms with Crippen molar-refractivity contribution in [1.82, 2.24) is 14.8 Å². The Bertz CT molecular complexity index is 1200. The van der Waals surface area contributed by atoms with Gasteiger partial charge in [-0.15, -0.1) is 0 Å². The smallest absolute Gasteiger partial charge is 0.409 e. The predicted molar refractivity (Wildman–Crippen MR) is 116 cm³/mol. The molecule has 1 fully saturated rings. The molecule has 1 aliphatic heterocycles. The molecule has 0 aliphatic carbocycles. The molecule has 1 aromatic carbocycles. The number of aromatic nitrogens is 1. The summed E-state index contributed by atoms with van der Waals surface area (Å²) in [7, 11) is 0. The molecule has 0 atom stereocenters. The normalized spacial score (nSPS) is 14.7. The number of carbonyl (C=O) groups is 2. The van der Waals surface area contributed by atoms with Crippen molar-refractivity contribution in [2.45, 2.75) is 13.8 Å². The predicted octanol–water partition coefficient (Wildman–Crippen LogP) is 2.36. The number of carbonyl (C=O) groups excluding carboxylic acids is 2. The second-order valence-corrected chi connectivity index (χ2v) is 7.44. The van der Waals surface area contributed by atoms with Gasteiger partial charge in [0, 0.05) is 31.6 Å². The molecule has 1 saturated heterocycles. The second-order valence-electron chi connectivity index (χ2n) is 7.44. The van der Waals surface area contributed by atoms with Crippen molar-refractivity contribution in [3.05, 3.63) is 46.3 Å². The van der Waals surface area contributed by atoms with E-state index < -0.39 is 5.63 Å². The number of benzene rings is 1. The van der Waals surface area contributed by atoms with Crippen molar-refractivity contribution in [3.8, 4) is 0 Å². The second kappa shape index (κ2) is 8.73. The van der Waals surface area contributed by atoms with Crippen molar-refractivity contribution in [3.63, 3.8) is 0 Å². The van der Waals surface area contributed by atoms with Gasteiger partial charge in [0.25, 0.3) is 0 Å². The molecule has 0 radical (unpaired) electrons. The van der Waals surface area contributed by atoms with Gasteiger partial charge in [0.05, 0.1) is 24.1 Å². The SMILES string of the molecule is CCOC(=O)N1CCN(CC(=O)Nc2cc(C)c3c(=O)oc4ccccc4c3n2)CC1. The van der Waals surface area contributed by atoms with E-state index in [2.05, 4.69) is 10.3 Å². The minimum atomic E-state index is -0.448. The van der Waals surface area contributed by atoms with Gasteiger partial charge < -0.3 is 19.4 Å². The van der Waals surface area contributed by atoms with Gasteiger partial charge in [-0.2, -0.15) is 0 Å². The van der Waals surface area contributed by atoms with Crippen LogP contribution in [0.2, 0.25) is 0 Å². The Kier molecular flexibility index (Phi) is 5.85. The van der Waals surface area contributed by atoms with E-state index in [1.165, 1.54) is 0 Å². The average Bonchev–Trinajstić information content (AvgIpc) is 2.74. The molecule has 0 unspecified atom stereocenters. The summed E-state index contributed by atoms with van der Waals surface area (Å²) in [5.41, 5.74) is 1.19. The summed E-state index contributed by atoms with van der Waals surface area (Å²) in [5, 5.41) is 3.95. The van der Waals surface area contributed by atoms with E-state index >= 15 is 0 Å². The standard InChI is InChI=1S/C22H24N4O5/c1-3-30-22(29)26-10-8-25(9-11-26)13-18(27)23-17-12-14(2)19-20(24-17)15-6-4-5-7-16(15)31-21(19)28/h4-7,12H,3,8-11,13H2,1-2H3,(H,23,24,27). The monoisotopic (exact) mass is 424 g/mol. The molecule has 9 heteroatoms. The zero-order chi connectivity index (χ0) is 22.0. The maximum absolute atomic E-state index is 12.6. The van der Waals surface area contributed by atoms with Crippen molar-refractivity contribution in [2.24, 2.45) is 0 Å². The molecule has 3 aromatic rings. The minimum absolute atomic E-state index is 0.188. The molecule has 162 valence electrons. The molecule has 9 nitrogen and oxygen atoms in total. The fourth-order valence-corrected chi connectivity index (χ4v) is 3.78. The Balaban J connectivity index is 1.48. The van der Waals surface area contributed by atoms with Crippen LogP contribution in [0.3, 0.4) is 0 Å². The summed E-state index contributed by atoms with van der Waals surface area (Å²) in [6, 6.07) is 8.86. The number of rotatable bonds is 4. The molecule has 31 heavy (non-hydrogen) atoms. The topological polar surface area (TPSA) is 105 Å². The van der Waals surface area contributed by atoms with Crippen LogP contribution in [0.5, 0.6) is 0 Å². The Morgan fingerprint density at radius 2 is 1.94 bits per heavy atom. The third kappa shape index (κ3) is 4.36. The Hall–Kier alpha value is -3.46. The fourth-order valence-electron chi connectivity index (χ4n) is 3.78. The molecular weight excluding hydrogens is 400 g/mol. The molecule has 0 spiro atoms. The first-order valence-electron chi connectivity index (χ1n) is 10.2. The molecule has 0 saturated carbocycles. The average molecular weight is 424 g/mol. The summed E-state index contributed by atoms with van der Waals surface area (Å²) in [5.74, 6) is 0.180. The Morgan fingerprint density at radius 1 is 1.19 bits per heavy atom. The van der Waals surface area contributed by atoms with E-state index in [4.69, 9.17) is 9.15 Å². The van der Waals surface area contributed by atoms with Crippen LogP contribution in [0.4, 0.5) is 10.6 Å². The number of hydrogen-bond donors (Lipinski definition) is 1. The number of fused-ring (bicyclic) bond motifs is 3. The Labute approximate surface area is 178 Å². The molecule has 2 aromatic heterocycles. The van der Waals surface area contributed by atoms with Gasteiger partial charge >= 0.3 is 11.7 Å². The number of hydrogen-bond acceptors (Lipinski definition) is 7. The number of anilines is 1. The fraction of sp³-hybridized carbons (Fsp3) is 0.364. The summed E-state index contributed by atoms with van der Waals surface area (Å²) in [6.07, 6.45) is -0.320. The summed E-state index contributed by atoms with van der Waals surface area (Å²) < 4.78 is 10.4. The maximum Gasteiger partial charge on any atom is 0.409 e. The van der Waals surface area contributed by atoms with Gasteiger partial charge in [0.2, 0.25) is 5.91 Å². The van der Waals surface area contributed by atoms with Crippen LogP contribution in [0.1, 0.15) is 12.5 Å². The van der Waals surface area contributed by atoms with E-state index in [-0.39, 0.29) is 18.5 Å². The van der Waals surface area contributed by atoms with Crippen molar-refractivity contribution in [2.75, 3.05) is 44.6 Å². The molecule has 1 N–H and O–H groups in total. The van der Waals surface area contributed by atoms with Crippen LogP contribution >= 0.6 is 0 Å². The quantitative estimate of drug-likeness (QED) is 0.506. The van der Waals surface area contributed by atoms with Crippen LogP contribution in [-0.2, 0) is 9.53 Å². The largest absolute Gasteiger partial charge is 0.450 e. The van der Waals surface area contributed by atoms with Crippen molar-refractivity contribution < 1.29 is 18.7 Å². The molecule has 0 bridgehead atoms. The highest BCUT2D eigenvalue weighted by molar-refractivity contribution is 6.04. The van der Waals surface area contributed by atoms with E-state index in [9.17, 15) is 14.4 Å². The van der Waals surface area contributed by atoms with Gasteiger partial charge in [0.15, 0.2) is 0 Å². The van der Waals surface area contributed by atoms with Gasteiger partial charge in [-0.1, -0.05) is 12.1 Å². The van der Waals surface area contributed by atoms with Crippen LogP contribution in [0.25, 0.3) is 21.9 Å². The van der Waals surface area contributed by atoms with Gasteiger partial charge in [-0.3, -0.25) is 9.69 Å². The molecule has 4 rings (SSSR count). The van der Waals surface area contributed by atoms with Crippen LogP contribution < -0.4 is 10.9 Å². The zero-order valence-electron chi connectivity index (χ0n) is 17.5. The first-order chi connectivity index (χ1) is 15.0. The Morgan fingerprint density at radius 3 is 2.68 bits per heavy atom. The molecular formula is C22H24N4O5. The van der Waals surface area contributed by atoms with E-state index in [0.717, 1.165) is 0 Å². The van der Waals surface area contributed by atoms with Crippen molar-refractivity contribution >= 4 is 39.7 Å². The summed E-state index contributed by atoms with van der Waals surface area (Å²) in [6.45, 7) is 6.30. The molecule has 1 aliphatic rings. The lowest BCUT2D eigenvalue weighted by molar-refractivity contribution is -0.117. The van der Waals surface area contributed by atoms with E-state index in [0.29, 0.717) is 66.0 Å². The third-order valence-electron chi connectivity index (χ3n) is 5.30. The first-order valence-corrected chi connectivity index (χ1v) is 10.2. The number of aryl methyl sites for hydroxylation is 1. The number of nitrogens with one attached hydrogen (secondary N) is 1. The zero-order valence-corrected chi connectivity index (χ0v) is 17.5. The number of nitrogens with zero attached hydrogens (tertiary/aromatic N) is 3.